The number of rotatable bonds is 5. The van der Waals surface area contributed by atoms with Crippen LogP contribution in [0, 0.1) is 12.8 Å². The number of ether oxygens (including phenoxy) is 2. The summed E-state index contributed by atoms with van der Waals surface area (Å²) >= 11 is 0. The highest BCUT2D eigenvalue weighted by Gasteiger charge is 2.35. The maximum atomic E-state index is 12.8. The molecule has 5 heteroatoms. The minimum Gasteiger partial charge on any atom is -0.489 e. The van der Waals surface area contributed by atoms with Crippen LogP contribution in [0.3, 0.4) is 0 Å². The average Bonchev–Trinajstić information content (AvgIpc) is 2.92. The first-order valence-electron chi connectivity index (χ1n) is 8.46. The summed E-state index contributed by atoms with van der Waals surface area (Å²) in [5.74, 6) is 0.865. The van der Waals surface area contributed by atoms with Gasteiger partial charge >= 0.3 is 6.36 Å². The van der Waals surface area contributed by atoms with Crippen LogP contribution in [0.2, 0.25) is 0 Å². The van der Waals surface area contributed by atoms with Crippen molar-refractivity contribution >= 4 is 0 Å². The normalized spacial score (nSPS) is 19.7. The number of hydrogen-bond donors (Lipinski definition) is 0. The first kappa shape index (κ1) is 16.5. The Hall–Kier alpha value is -1.39. The van der Waals surface area contributed by atoms with Gasteiger partial charge < -0.3 is 9.47 Å². The number of alkyl halides is 3. The van der Waals surface area contributed by atoms with Gasteiger partial charge in [0.05, 0.1) is 6.61 Å². The molecular formula is C18H23F3O2. The molecule has 3 rings (SSSR count). The molecule has 0 saturated heterocycles. The van der Waals surface area contributed by atoms with Crippen LogP contribution < -0.4 is 9.47 Å². The molecule has 128 valence electrons. The van der Waals surface area contributed by atoms with Gasteiger partial charge in [-0.2, -0.15) is 0 Å². The maximum absolute atomic E-state index is 12.8. The molecule has 0 spiro atoms. The Morgan fingerprint density at radius 1 is 1.04 bits per heavy atom. The lowest BCUT2D eigenvalue weighted by Crippen LogP contribution is -2.20. The van der Waals surface area contributed by atoms with Crippen LogP contribution in [0.15, 0.2) is 12.1 Å². The summed E-state index contributed by atoms with van der Waals surface area (Å²) in [6.07, 6.45) is 3.06. The zero-order valence-corrected chi connectivity index (χ0v) is 13.4. The molecule has 1 aromatic carbocycles. The van der Waals surface area contributed by atoms with Gasteiger partial charge in [0.1, 0.15) is 0 Å². The molecule has 0 N–H and O–H groups in total. The predicted octanol–water partition coefficient (Wildman–Crippen LogP) is 5.73. The van der Waals surface area contributed by atoms with Gasteiger partial charge in [-0.1, -0.05) is 25.3 Å². The largest absolute Gasteiger partial charge is 0.573 e. The molecule has 0 unspecified atom stereocenters. The molecule has 0 bridgehead atoms. The van der Waals surface area contributed by atoms with Gasteiger partial charge in [0, 0.05) is 0 Å². The highest BCUT2D eigenvalue weighted by molar-refractivity contribution is 5.51. The third kappa shape index (κ3) is 3.93. The van der Waals surface area contributed by atoms with E-state index >= 15 is 0 Å². The molecule has 0 heterocycles. The van der Waals surface area contributed by atoms with Crippen molar-refractivity contribution in [2.24, 2.45) is 5.92 Å². The molecule has 0 atom stereocenters. The predicted molar refractivity (Wildman–Crippen MR) is 81.9 cm³/mol. The topological polar surface area (TPSA) is 18.5 Å². The van der Waals surface area contributed by atoms with Crippen molar-refractivity contribution in [3.05, 3.63) is 23.3 Å². The van der Waals surface area contributed by atoms with E-state index in [0.29, 0.717) is 24.0 Å². The van der Waals surface area contributed by atoms with Crippen LogP contribution in [-0.4, -0.2) is 13.0 Å². The van der Waals surface area contributed by atoms with Crippen molar-refractivity contribution in [3.63, 3.8) is 0 Å². The van der Waals surface area contributed by atoms with E-state index in [-0.39, 0.29) is 11.5 Å². The van der Waals surface area contributed by atoms with E-state index in [2.05, 4.69) is 4.74 Å². The Kier molecular flexibility index (Phi) is 4.74. The maximum Gasteiger partial charge on any atom is 0.573 e. The Morgan fingerprint density at radius 2 is 1.74 bits per heavy atom. The molecule has 0 amide bonds. The van der Waals surface area contributed by atoms with Crippen LogP contribution in [0.5, 0.6) is 11.5 Å². The van der Waals surface area contributed by atoms with E-state index in [9.17, 15) is 13.2 Å². The third-order valence-electron chi connectivity index (χ3n) is 5.12. The second-order valence-corrected chi connectivity index (χ2v) is 6.74. The second-order valence-electron chi connectivity index (χ2n) is 6.74. The van der Waals surface area contributed by atoms with Gasteiger partial charge in [-0.15, -0.1) is 13.2 Å². The summed E-state index contributed by atoms with van der Waals surface area (Å²) in [6.45, 7) is 2.17. The molecule has 2 fully saturated rings. The molecule has 2 aliphatic carbocycles. The summed E-state index contributed by atoms with van der Waals surface area (Å²) < 4.78 is 48.4. The van der Waals surface area contributed by atoms with Gasteiger partial charge in [-0.05, 0) is 61.6 Å². The lowest BCUT2D eigenvalue weighted by atomic mass is 9.78. The van der Waals surface area contributed by atoms with Crippen molar-refractivity contribution in [3.8, 4) is 11.5 Å². The standard InChI is InChI=1S/C18H23F3O2/c1-12-15(14-7-4-8-14)9-10-16(17(12)23-18(19,20)21)22-11-13-5-2-3-6-13/h9-10,13-14H,2-8,11H2,1H3. The summed E-state index contributed by atoms with van der Waals surface area (Å²) in [5, 5.41) is 0. The van der Waals surface area contributed by atoms with Crippen LogP contribution in [0.25, 0.3) is 0 Å². The third-order valence-corrected chi connectivity index (χ3v) is 5.12. The molecule has 0 aromatic heterocycles. The molecule has 0 aliphatic heterocycles. The molecule has 1 aromatic rings. The number of halogens is 3. The van der Waals surface area contributed by atoms with E-state index in [1.165, 1.54) is 12.8 Å². The van der Waals surface area contributed by atoms with E-state index in [1.54, 1.807) is 13.0 Å². The van der Waals surface area contributed by atoms with Crippen LogP contribution >= 0.6 is 0 Å². The fourth-order valence-corrected chi connectivity index (χ4v) is 3.58. The van der Waals surface area contributed by atoms with Crippen molar-refractivity contribution in [2.45, 2.75) is 64.1 Å². The summed E-state index contributed by atoms with van der Waals surface area (Å²) in [5.41, 5.74) is 1.53. The number of benzene rings is 1. The van der Waals surface area contributed by atoms with Crippen LogP contribution in [0.4, 0.5) is 13.2 Å². The lowest BCUT2D eigenvalue weighted by molar-refractivity contribution is -0.275. The fourth-order valence-electron chi connectivity index (χ4n) is 3.58. The molecule has 2 nitrogen and oxygen atoms in total. The molecule has 23 heavy (non-hydrogen) atoms. The fraction of sp³-hybridized carbons (Fsp3) is 0.667. The monoisotopic (exact) mass is 328 g/mol. The first-order chi connectivity index (χ1) is 10.9. The van der Waals surface area contributed by atoms with E-state index in [1.807, 2.05) is 6.07 Å². The minimum absolute atomic E-state index is 0.153. The van der Waals surface area contributed by atoms with Gasteiger partial charge in [-0.3, -0.25) is 0 Å². The van der Waals surface area contributed by atoms with Crippen LogP contribution in [0.1, 0.15) is 62.0 Å². The van der Waals surface area contributed by atoms with Crippen molar-refractivity contribution in [1.82, 2.24) is 0 Å². The molecule has 0 radical (unpaired) electrons. The Labute approximate surface area is 135 Å². The summed E-state index contributed by atoms with van der Waals surface area (Å²) in [7, 11) is 0. The van der Waals surface area contributed by atoms with Gasteiger partial charge in [-0.25, -0.2) is 0 Å². The zero-order chi connectivity index (χ0) is 16.4. The van der Waals surface area contributed by atoms with Crippen molar-refractivity contribution in [1.29, 1.82) is 0 Å². The van der Waals surface area contributed by atoms with Gasteiger partial charge in [0.15, 0.2) is 11.5 Å². The highest BCUT2D eigenvalue weighted by atomic mass is 19.4. The quantitative estimate of drug-likeness (QED) is 0.687. The highest BCUT2D eigenvalue weighted by Crippen LogP contribution is 2.44. The van der Waals surface area contributed by atoms with Crippen molar-refractivity contribution in [2.75, 3.05) is 6.61 Å². The second kappa shape index (κ2) is 6.62. The SMILES string of the molecule is Cc1c(C2CCC2)ccc(OCC2CCCC2)c1OC(F)(F)F. The minimum atomic E-state index is -4.70. The Bertz CT molecular complexity index is 544. The van der Waals surface area contributed by atoms with E-state index in [0.717, 1.165) is 37.7 Å². The van der Waals surface area contributed by atoms with E-state index < -0.39 is 6.36 Å². The first-order valence-corrected chi connectivity index (χ1v) is 8.46. The van der Waals surface area contributed by atoms with Crippen molar-refractivity contribution < 1.29 is 22.6 Å². The Morgan fingerprint density at radius 3 is 2.30 bits per heavy atom. The van der Waals surface area contributed by atoms with E-state index in [4.69, 9.17) is 4.74 Å². The van der Waals surface area contributed by atoms with Gasteiger partial charge in [0.2, 0.25) is 0 Å². The smallest absolute Gasteiger partial charge is 0.489 e. The molecular weight excluding hydrogens is 305 g/mol. The Balaban J connectivity index is 1.82. The molecule has 2 aliphatic rings. The summed E-state index contributed by atoms with van der Waals surface area (Å²) in [4.78, 5) is 0. The zero-order valence-electron chi connectivity index (χ0n) is 13.4. The summed E-state index contributed by atoms with van der Waals surface area (Å²) in [6, 6.07) is 3.56. The molecule has 2 saturated carbocycles. The average molecular weight is 328 g/mol. The number of hydrogen-bond acceptors (Lipinski definition) is 2. The van der Waals surface area contributed by atoms with Gasteiger partial charge in [0.25, 0.3) is 0 Å². The lowest BCUT2D eigenvalue weighted by Gasteiger charge is -2.29. The van der Waals surface area contributed by atoms with Crippen LogP contribution in [-0.2, 0) is 0 Å².